The van der Waals surface area contributed by atoms with Gasteiger partial charge in [0.2, 0.25) is 0 Å². The molecule has 3 rings (SSSR count). The minimum atomic E-state index is 0.699. The van der Waals surface area contributed by atoms with Crippen molar-refractivity contribution in [1.29, 1.82) is 0 Å². The molecule has 0 saturated heterocycles. The highest BCUT2D eigenvalue weighted by atomic mass is 35.5. The first-order valence-electron chi connectivity index (χ1n) is 6.07. The van der Waals surface area contributed by atoms with Crippen LogP contribution in [0.3, 0.4) is 0 Å². The van der Waals surface area contributed by atoms with Gasteiger partial charge in [0.05, 0.1) is 16.1 Å². The van der Waals surface area contributed by atoms with Gasteiger partial charge in [-0.2, -0.15) is 0 Å². The third-order valence-corrected chi connectivity index (χ3v) is 3.43. The molecule has 0 spiro atoms. The lowest BCUT2D eigenvalue weighted by Gasteiger charge is -2.13. The van der Waals surface area contributed by atoms with Gasteiger partial charge in [-0.05, 0) is 30.3 Å². The van der Waals surface area contributed by atoms with E-state index < -0.39 is 0 Å². The van der Waals surface area contributed by atoms with E-state index in [-0.39, 0.29) is 0 Å². The van der Waals surface area contributed by atoms with Crippen LogP contribution in [0.2, 0.25) is 5.02 Å². The number of para-hydroxylation sites is 2. The molecule has 3 nitrogen and oxygen atoms in total. The third kappa shape index (κ3) is 2.17. The molecule has 0 atom stereocenters. The predicted molar refractivity (Wildman–Crippen MR) is 80.9 cm³/mol. The number of halogens is 1. The molecule has 1 aromatic heterocycles. The van der Waals surface area contributed by atoms with Gasteiger partial charge >= 0.3 is 0 Å². The summed E-state index contributed by atoms with van der Waals surface area (Å²) in [6.45, 7) is 0. The average molecular weight is 272 g/mol. The molecule has 2 aromatic carbocycles. The Balaban J connectivity index is 2.11. The van der Waals surface area contributed by atoms with Crippen molar-refractivity contribution in [2.45, 2.75) is 0 Å². The summed E-state index contributed by atoms with van der Waals surface area (Å²) < 4.78 is 0. The monoisotopic (exact) mass is 271 g/mol. The lowest BCUT2D eigenvalue weighted by Crippen LogP contribution is -2.08. The maximum Gasteiger partial charge on any atom is 0.139 e. The Hall–Kier alpha value is -2.00. The second-order valence-corrected chi connectivity index (χ2v) is 5.07. The molecule has 0 unspecified atom stereocenters. The quantitative estimate of drug-likeness (QED) is 0.765. The van der Waals surface area contributed by atoms with E-state index in [2.05, 4.69) is 9.97 Å². The fourth-order valence-corrected chi connectivity index (χ4v) is 2.32. The maximum atomic E-state index is 6.35. The Bertz CT molecular complexity index is 698. The normalized spacial score (nSPS) is 10.9. The molecular weight excluding hydrogens is 258 g/mol. The highest BCUT2D eigenvalue weighted by molar-refractivity contribution is 6.33. The minimum absolute atomic E-state index is 0.699. The molecule has 96 valence electrons. The van der Waals surface area contributed by atoms with Crippen molar-refractivity contribution in [3.05, 3.63) is 47.5 Å². The van der Waals surface area contributed by atoms with Gasteiger partial charge in [-0.1, -0.05) is 23.7 Å². The van der Waals surface area contributed by atoms with Crippen LogP contribution in [0.1, 0.15) is 0 Å². The summed E-state index contributed by atoms with van der Waals surface area (Å²) in [5.41, 5.74) is 3.96. The topological polar surface area (TPSA) is 31.9 Å². The van der Waals surface area contributed by atoms with E-state index in [0.29, 0.717) is 5.02 Å². The number of hydrogen-bond acceptors (Lipinski definition) is 2. The van der Waals surface area contributed by atoms with Gasteiger partial charge in [-0.3, -0.25) is 0 Å². The number of hydrogen-bond donors (Lipinski definition) is 1. The fraction of sp³-hybridized carbons (Fsp3) is 0.133. The molecule has 0 saturated carbocycles. The van der Waals surface area contributed by atoms with Gasteiger partial charge in [0.1, 0.15) is 5.82 Å². The standard InChI is InChI=1S/C15H14ClN3/c1-19(2)10-7-8-11(12(16)9-10)15-17-13-5-3-4-6-14(13)18-15/h3-9H,1-2H3,(H,17,18). The van der Waals surface area contributed by atoms with E-state index in [1.165, 1.54) is 0 Å². The van der Waals surface area contributed by atoms with E-state index >= 15 is 0 Å². The SMILES string of the molecule is CN(C)c1ccc(-c2nc3ccccc3[nH]2)c(Cl)c1. The molecule has 4 heteroatoms. The molecular formula is C15H14ClN3. The lowest BCUT2D eigenvalue weighted by molar-refractivity contribution is 1.13. The van der Waals surface area contributed by atoms with E-state index in [0.717, 1.165) is 28.1 Å². The molecule has 19 heavy (non-hydrogen) atoms. The van der Waals surface area contributed by atoms with Crippen LogP contribution in [0, 0.1) is 0 Å². The molecule has 0 aliphatic rings. The highest BCUT2D eigenvalue weighted by Crippen LogP contribution is 2.30. The second kappa shape index (κ2) is 4.59. The largest absolute Gasteiger partial charge is 0.378 e. The van der Waals surface area contributed by atoms with Crippen LogP contribution in [0.25, 0.3) is 22.4 Å². The van der Waals surface area contributed by atoms with E-state index in [1.807, 2.05) is 61.5 Å². The summed E-state index contributed by atoms with van der Waals surface area (Å²) in [5, 5.41) is 0.699. The number of fused-ring (bicyclic) bond motifs is 1. The van der Waals surface area contributed by atoms with Gasteiger partial charge in [0.15, 0.2) is 0 Å². The van der Waals surface area contributed by atoms with Gasteiger partial charge in [-0.25, -0.2) is 4.98 Å². The van der Waals surface area contributed by atoms with Crippen molar-refractivity contribution >= 4 is 28.3 Å². The van der Waals surface area contributed by atoms with Crippen molar-refractivity contribution in [1.82, 2.24) is 9.97 Å². The molecule has 0 fully saturated rings. The number of aromatic nitrogens is 2. The van der Waals surface area contributed by atoms with Crippen LogP contribution in [0.4, 0.5) is 5.69 Å². The van der Waals surface area contributed by atoms with Crippen LogP contribution in [-0.2, 0) is 0 Å². The number of benzene rings is 2. The van der Waals surface area contributed by atoms with Crippen LogP contribution < -0.4 is 4.90 Å². The molecule has 1 N–H and O–H groups in total. The predicted octanol–water partition coefficient (Wildman–Crippen LogP) is 3.95. The van der Waals surface area contributed by atoms with E-state index in [4.69, 9.17) is 11.6 Å². The highest BCUT2D eigenvalue weighted by Gasteiger charge is 2.09. The first-order chi connectivity index (χ1) is 9.15. The Morgan fingerprint density at radius 1 is 1.11 bits per heavy atom. The Morgan fingerprint density at radius 2 is 1.89 bits per heavy atom. The van der Waals surface area contributed by atoms with Crippen molar-refractivity contribution in [3.63, 3.8) is 0 Å². The van der Waals surface area contributed by atoms with Crippen LogP contribution in [0.5, 0.6) is 0 Å². The van der Waals surface area contributed by atoms with Crippen molar-refractivity contribution in [2.24, 2.45) is 0 Å². The van der Waals surface area contributed by atoms with Gasteiger partial charge in [0, 0.05) is 25.3 Å². The number of nitrogens with one attached hydrogen (secondary N) is 1. The molecule has 0 bridgehead atoms. The fourth-order valence-electron chi connectivity index (χ4n) is 2.05. The number of H-pyrrole nitrogens is 1. The van der Waals surface area contributed by atoms with Crippen LogP contribution in [0.15, 0.2) is 42.5 Å². The number of imidazole rings is 1. The zero-order valence-electron chi connectivity index (χ0n) is 10.8. The first kappa shape index (κ1) is 12.1. The summed E-state index contributed by atoms with van der Waals surface area (Å²) in [6, 6.07) is 13.9. The maximum absolute atomic E-state index is 6.35. The third-order valence-electron chi connectivity index (χ3n) is 3.11. The lowest BCUT2D eigenvalue weighted by atomic mass is 10.2. The summed E-state index contributed by atoms with van der Waals surface area (Å²) in [7, 11) is 3.99. The molecule has 1 heterocycles. The zero-order chi connectivity index (χ0) is 13.4. The van der Waals surface area contributed by atoms with Gasteiger partial charge in [-0.15, -0.1) is 0 Å². The minimum Gasteiger partial charge on any atom is -0.378 e. The van der Waals surface area contributed by atoms with Crippen molar-refractivity contribution < 1.29 is 0 Å². The number of nitrogens with zero attached hydrogens (tertiary/aromatic N) is 2. The first-order valence-corrected chi connectivity index (χ1v) is 6.45. The second-order valence-electron chi connectivity index (χ2n) is 4.66. The van der Waals surface area contributed by atoms with Gasteiger partial charge in [0.25, 0.3) is 0 Å². The average Bonchev–Trinajstić information content (AvgIpc) is 2.81. The zero-order valence-corrected chi connectivity index (χ0v) is 11.6. The Morgan fingerprint density at radius 3 is 2.58 bits per heavy atom. The number of anilines is 1. The van der Waals surface area contributed by atoms with E-state index in [9.17, 15) is 0 Å². The smallest absolute Gasteiger partial charge is 0.139 e. The number of rotatable bonds is 2. The molecule has 0 radical (unpaired) electrons. The van der Waals surface area contributed by atoms with Gasteiger partial charge < -0.3 is 9.88 Å². The summed E-state index contributed by atoms with van der Waals surface area (Å²) in [4.78, 5) is 9.88. The van der Waals surface area contributed by atoms with E-state index in [1.54, 1.807) is 0 Å². The van der Waals surface area contributed by atoms with Crippen molar-refractivity contribution in [2.75, 3.05) is 19.0 Å². The van der Waals surface area contributed by atoms with Crippen LogP contribution >= 0.6 is 11.6 Å². The van der Waals surface area contributed by atoms with Crippen LogP contribution in [-0.4, -0.2) is 24.1 Å². The summed E-state index contributed by atoms with van der Waals surface area (Å²) in [6.07, 6.45) is 0. The van der Waals surface area contributed by atoms with Crippen molar-refractivity contribution in [3.8, 4) is 11.4 Å². The molecule has 0 aliphatic carbocycles. The Kier molecular flexibility index (Phi) is 2.91. The number of aromatic amines is 1. The summed E-state index contributed by atoms with van der Waals surface area (Å²) >= 11 is 6.35. The molecule has 3 aromatic rings. The Labute approximate surface area is 116 Å². The summed E-state index contributed by atoms with van der Waals surface area (Å²) in [5.74, 6) is 0.802. The molecule has 0 aliphatic heterocycles. The molecule has 0 amide bonds.